The third-order valence-corrected chi connectivity index (χ3v) is 5.73. The number of fused-ring (bicyclic) bond motifs is 1. The van der Waals surface area contributed by atoms with Crippen LogP contribution in [0.5, 0.6) is 0 Å². The van der Waals surface area contributed by atoms with Crippen LogP contribution in [-0.4, -0.2) is 13.4 Å². The highest BCUT2D eigenvalue weighted by Gasteiger charge is 2.17. The second-order valence-electron chi connectivity index (χ2n) is 3.91. The van der Waals surface area contributed by atoms with Gasteiger partial charge in [-0.15, -0.1) is 11.3 Å². The number of para-hydroxylation sites is 1. The molecule has 0 spiro atoms. The molecule has 0 saturated carbocycles. The van der Waals surface area contributed by atoms with Gasteiger partial charge >= 0.3 is 0 Å². The number of thiophene rings is 1. The van der Waals surface area contributed by atoms with Gasteiger partial charge < -0.3 is 4.98 Å². The van der Waals surface area contributed by atoms with Gasteiger partial charge in [0.15, 0.2) is 0 Å². The molecule has 0 fully saturated rings. The Morgan fingerprint density at radius 2 is 2.00 bits per heavy atom. The minimum Gasteiger partial charge on any atom is -0.359 e. The summed E-state index contributed by atoms with van der Waals surface area (Å²) in [4.78, 5) is 3.02. The monoisotopic (exact) mass is 312 g/mol. The number of aromatic amines is 1. The minimum absolute atomic E-state index is 0.195. The van der Waals surface area contributed by atoms with Crippen molar-refractivity contribution in [3.8, 4) is 0 Å². The van der Waals surface area contributed by atoms with E-state index < -0.39 is 10.0 Å². The van der Waals surface area contributed by atoms with E-state index in [9.17, 15) is 8.42 Å². The third kappa shape index (κ3) is 2.34. The molecule has 4 nitrogen and oxygen atoms in total. The highest BCUT2D eigenvalue weighted by atomic mass is 35.5. The number of hydrogen-bond acceptors (Lipinski definition) is 3. The predicted octanol–water partition coefficient (Wildman–Crippen LogP) is 3.68. The van der Waals surface area contributed by atoms with E-state index in [1.165, 1.54) is 6.07 Å². The van der Waals surface area contributed by atoms with Crippen molar-refractivity contribution in [2.75, 3.05) is 4.72 Å². The maximum atomic E-state index is 12.2. The number of benzene rings is 1. The summed E-state index contributed by atoms with van der Waals surface area (Å²) >= 11 is 6.79. The van der Waals surface area contributed by atoms with Crippen molar-refractivity contribution >= 4 is 49.6 Å². The van der Waals surface area contributed by atoms with Crippen LogP contribution in [0.3, 0.4) is 0 Å². The highest BCUT2D eigenvalue weighted by Crippen LogP contribution is 2.29. The first-order chi connectivity index (χ1) is 9.06. The van der Waals surface area contributed by atoms with E-state index >= 15 is 0 Å². The summed E-state index contributed by atoms with van der Waals surface area (Å²) in [5.74, 6) is 0. The first kappa shape index (κ1) is 12.5. The van der Waals surface area contributed by atoms with Crippen LogP contribution < -0.4 is 4.72 Å². The summed E-state index contributed by atoms with van der Waals surface area (Å²) in [6.07, 6.45) is 1.77. The molecule has 0 radical (unpaired) electrons. The molecule has 3 aromatic rings. The van der Waals surface area contributed by atoms with Crippen LogP contribution in [0.4, 0.5) is 5.69 Å². The molecule has 2 N–H and O–H groups in total. The molecular weight excluding hydrogens is 304 g/mol. The largest absolute Gasteiger partial charge is 0.359 e. The molecule has 0 saturated heterocycles. The van der Waals surface area contributed by atoms with Gasteiger partial charge in [0.2, 0.25) is 0 Å². The Kier molecular flexibility index (Phi) is 3.00. The SMILES string of the molecule is O=S(=O)(Nc1cccc2cc[nH]c12)c1ccc(Cl)s1. The number of halogens is 1. The molecule has 0 unspecified atom stereocenters. The lowest BCUT2D eigenvalue weighted by Crippen LogP contribution is -2.11. The van der Waals surface area contributed by atoms with Crippen LogP contribution in [0.2, 0.25) is 4.34 Å². The lowest BCUT2D eigenvalue weighted by atomic mass is 10.2. The Hall–Kier alpha value is -1.50. The number of hydrogen-bond donors (Lipinski definition) is 2. The summed E-state index contributed by atoms with van der Waals surface area (Å²) in [6, 6.07) is 10.4. The van der Waals surface area contributed by atoms with Crippen molar-refractivity contribution in [1.29, 1.82) is 0 Å². The van der Waals surface area contributed by atoms with Gasteiger partial charge in [-0.1, -0.05) is 23.7 Å². The van der Waals surface area contributed by atoms with Gasteiger partial charge in [-0.2, -0.15) is 0 Å². The summed E-state index contributed by atoms with van der Waals surface area (Å²) in [5, 5.41) is 0.949. The average molecular weight is 313 g/mol. The molecule has 0 aliphatic heterocycles. The van der Waals surface area contributed by atoms with E-state index in [2.05, 4.69) is 9.71 Å². The molecule has 0 bridgehead atoms. The maximum absolute atomic E-state index is 12.2. The molecule has 2 aromatic heterocycles. The van der Waals surface area contributed by atoms with Gasteiger partial charge in [-0.3, -0.25) is 4.72 Å². The van der Waals surface area contributed by atoms with Gasteiger partial charge in [-0.05, 0) is 24.3 Å². The van der Waals surface area contributed by atoms with Gasteiger partial charge in [0.1, 0.15) is 4.21 Å². The Morgan fingerprint density at radius 1 is 1.16 bits per heavy atom. The molecular formula is C12H9ClN2O2S2. The molecule has 19 heavy (non-hydrogen) atoms. The van der Waals surface area contributed by atoms with Crippen LogP contribution in [0.1, 0.15) is 0 Å². The van der Waals surface area contributed by atoms with Crippen molar-refractivity contribution < 1.29 is 8.42 Å². The summed E-state index contributed by atoms with van der Waals surface area (Å²) in [5.41, 5.74) is 1.28. The number of nitrogens with one attached hydrogen (secondary N) is 2. The van der Waals surface area contributed by atoms with Crippen molar-refractivity contribution in [2.24, 2.45) is 0 Å². The number of sulfonamides is 1. The topological polar surface area (TPSA) is 62.0 Å². The smallest absolute Gasteiger partial charge is 0.271 e. The molecule has 7 heteroatoms. The standard InChI is InChI=1S/C12H9ClN2O2S2/c13-10-4-5-11(18-10)19(16,17)15-9-3-1-2-8-6-7-14-12(8)9/h1-7,14-15H. The molecule has 1 aromatic carbocycles. The highest BCUT2D eigenvalue weighted by molar-refractivity contribution is 7.94. The molecule has 0 atom stereocenters. The van der Waals surface area contributed by atoms with Crippen molar-refractivity contribution in [3.05, 3.63) is 46.9 Å². The maximum Gasteiger partial charge on any atom is 0.271 e. The lowest BCUT2D eigenvalue weighted by Gasteiger charge is -2.07. The first-order valence-electron chi connectivity index (χ1n) is 5.40. The zero-order valence-electron chi connectivity index (χ0n) is 9.55. The fourth-order valence-electron chi connectivity index (χ4n) is 1.81. The fourth-order valence-corrected chi connectivity index (χ4v) is 4.36. The zero-order chi connectivity index (χ0) is 13.5. The Bertz CT molecular complexity index is 836. The quantitative estimate of drug-likeness (QED) is 0.775. The third-order valence-electron chi connectivity index (χ3n) is 2.64. The molecule has 3 rings (SSSR count). The van der Waals surface area contributed by atoms with Gasteiger partial charge in [0.25, 0.3) is 10.0 Å². The Balaban J connectivity index is 2.03. The van der Waals surface area contributed by atoms with E-state index in [-0.39, 0.29) is 4.21 Å². The van der Waals surface area contributed by atoms with E-state index in [4.69, 9.17) is 11.6 Å². The number of H-pyrrole nitrogens is 1. The van der Waals surface area contributed by atoms with Crippen LogP contribution in [0.25, 0.3) is 10.9 Å². The van der Waals surface area contributed by atoms with Crippen LogP contribution in [-0.2, 0) is 10.0 Å². The molecule has 0 aliphatic rings. The Labute approximate surface area is 119 Å². The average Bonchev–Trinajstić information content (AvgIpc) is 2.97. The van der Waals surface area contributed by atoms with Crippen LogP contribution in [0, 0.1) is 0 Å². The summed E-state index contributed by atoms with van der Waals surface area (Å²) < 4.78 is 27.6. The number of aromatic nitrogens is 1. The fraction of sp³-hybridized carbons (Fsp3) is 0. The summed E-state index contributed by atoms with van der Waals surface area (Å²) in [6.45, 7) is 0. The number of rotatable bonds is 3. The zero-order valence-corrected chi connectivity index (χ0v) is 11.9. The van der Waals surface area contributed by atoms with E-state index in [0.717, 1.165) is 22.2 Å². The van der Waals surface area contributed by atoms with Gasteiger partial charge in [-0.25, -0.2) is 8.42 Å². The van der Waals surface area contributed by atoms with Crippen molar-refractivity contribution in [2.45, 2.75) is 4.21 Å². The van der Waals surface area contributed by atoms with Crippen molar-refractivity contribution in [1.82, 2.24) is 4.98 Å². The number of anilines is 1. The van der Waals surface area contributed by atoms with Crippen molar-refractivity contribution in [3.63, 3.8) is 0 Å². The van der Waals surface area contributed by atoms with Gasteiger partial charge in [0.05, 0.1) is 15.5 Å². The van der Waals surface area contributed by atoms with E-state index in [0.29, 0.717) is 10.0 Å². The molecule has 2 heterocycles. The Morgan fingerprint density at radius 3 is 2.74 bits per heavy atom. The van der Waals surface area contributed by atoms with Crippen LogP contribution in [0.15, 0.2) is 46.8 Å². The second-order valence-corrected chi connectivity index (χ2v) is 7.54. The van der Waals surface area contributed by atoms with E-state index in [1.807, 2.05) is 12.1 Å². The molecule has 98 valence electrons. The van der Waals surface area contributed by atoms with E-state index in [1.54, 1.807) is 24.4 Å². The summed E-state index contributed by atoms with van der Waals surface area (Å²) in [7, 11) is -3.60. The molecule has 0 aliphatic carbocycles. The van der Waals surface area contributed by atoms with Crippen LogP contribution >= 0.6 is 22.9 Å². The normalized spacial score (nSPS) is 11.8. The molecule has 0 amide bonds. The predicted molar refractivity (Wildman–Crippen MR) is 78.4 cm³/mol. The second kappa shape index (κ2) is 4.56. The minimum atomic E-state index is -3.60. The van der Waals surface area contributed by atoms with Gasteiger partial charge in [0, 0.05) is 11.6 Å². The first-order valence-corrected chi connectivity index (χ1v) is 8.08. The lowest BCUT2D eigenvalue weighted by molar-refractivity contribution is 0.603.